The molecule has 8 aliphatic heterocycles. The summed E-state index contributed by atoms with van der Waals surface area (Å²) in [4.78, 5) is 9.45. The normalized spacial score (nSPS) is 14.4. The number of furan rings is 1. The van der Waals surface area contributed by atoms with Gasteiger partial charge in [-0.2, -0.15) is 10.5 Å². The third-order valence-corrected chi connectivity index (χ3v) is 20.0. The number of anilines is 12. The lowest BCUT2D eigenvalue weighted by molar-refractivity contribution is 0.484. The van der Waals surface area contributed by atoms with Crippen LogP contribution in [0.25, 0.3) is 21.9 Å². The van der Waals surface area contributed by atoms with Gasteiger partial charge in [0.2, 0.25) is 0 Å². The van der Waals surface area contributed by atoms with Crippen molar-refractivity contribution in [3.63, 3.8) is 0 Å². The van der Waals surface area contributed by atoms with Gasteiger partial charge in [-0.25, -0.2) is 0 Å². The molecule has 8 aliphatic rings. The predicted octanol–water partition coefficient (Wildman–Crippen LogP) is 9.37. The van der Waals surface area contributed by atoms with Gasteiger partial charge in [0.1, 0.15) is 57.4 Å². The number of ether oxygens (including phenoxy) is 2. The first-order valence-electron chi connectivity index (χ1n) is 29.7. The zero-order valence-electron chi connectivity index (χ0n) is 46.2. The third-order valence-electron chi connectivity index (χ3n) is 20.0. The molecule has 0 spiro atoms. The van der Waals surface area contributed by atoms with Crippen molar-refractivity contribution in [2.24, 2.45) is 0 Å². The van der Waals surface area contributed by atoms with E-state index in [9.17, 15) is 10.5 Å². The van der Waals surface area contributed by atoms with Crippen molar-refractivity contribution in [3.8, 4) is 35.1 Å². The lowest BCUT2D eigenvalue weighted by atomic mass is 9.29. The Balaban J connectivity index is 0.817. The molecule has 0 atom stereocenters. The highest BCUT2D eigenvalue weighted by Gasteiger charge is 2.55. The van der Waals surface area contributed by atoms with E-state index >= 15 is 0 Å². The second-order valence-corrected chi connectivity index (χ2v) is 23.9. The number of benzene rings is 12. The van der Waals surface area contributed by atoms with Gasteiger partial charge in [-0.15, -0.1) is 0 Å². The number of hydrogen-bond donors (Lipinski definition) is 0. The van der Waals surface area contributed by atoms with Gasteiger partial charge in [0, 0.05) is 79.8 Å². The van der Waals surface area contributed by atoms with Crippen LogP contribution in [0.4, 0.5) is 68.2 Å². The number of rotatable bonds is 2. The summed E-state index contributed by atoms with van der Waals surface area (Å²) >= 11 is 0. The van der Waals surface area contributed by atoms with E-state index in [0.29, 0.717) is 45.3 Å². The van der Waals surface area contributed by atoms with E-state index < -0.39 is 0 Å². The Bertz CT molecular complexity index is 5130. The Morgan fingerprint density at radius 2 is 0.598 bits per heavy atom. The van der Waals surface area contributed by atoms with E-state index in [1.807, 2.05) is 24.3 Å². The molecule has 21 rings (SSSR count). The van der Waals surface area contributed by atoms with Gasteiger partial charge >= 0.3 is 0 Å². The summed E-state index contributed by atoms with van der Waals surface area (Å²) in [6.07, 6.45) is 0. The van der Waals surface area contributed by atoms with Gasteiger partial charge in [-0.3, -0.25) is 0 Å². The molecule has 0 aliphatic carbocycles. The Hall–Kier alpha value is -11.5. The lowest BCUT2D eigenvalue weighted by Gasteiger charge is -2.49. The minimum atomic E-state index is -0.310. The first kappa shape index (κ1) is 45.9. The number of para-hydroxylation sites is 8. The third kappa shape index (κ3) is 5.51. The van der Waals surface area contributed by atoms with Gasteiger partial charge in [0.15, 0.2) is 0 Å². The first-order valence-corrected chi connectivity index (χ1v) is 29.7. The topological polar surface area (TPSA) is 92.1 Å². The molecule has 0 amide bonds. The molecule has 394 valence electrons. The summed E-state index contributed by atoms with van der Waals surface area (Å²) in [7, 11) is 0. The maximum absolute atomic E-state index is 11.9. The fourth-order valence-electron chi connectivity index (χ4n) is 16.8. The van der Waals surface area contributed by atoms with Gasteiger partial charge in [0.05, 0.1) is 11.4 Å². The van der Waals surface area contributed by atoms with E-state index in [4.69, 9.17) is 13.9 Å². The predicted molar refractivity (Wildman–Crippen MR) is 354 cm³/mol. The van der Waals surface area contributed by atoms with E-state index in [-0.39, 0.29) is 26.9 Å². The molecule has 0 radical (unpaired) electrons. The number of nitriles is 2. The SMILES string of the molecule is N#Cc1c2c3c4c5c1N(c1ccccc1)c1ccccc1B5c1ccccc1N4c1ccccc1B3c1cc3c(cc1O2)oc1cc2c(cc13)B1c3ccccc3N3c4ccccc4B4c5ccccc5N(c5ccccc5)c5c(C#N)c(c1c3c54)O2. The van der Waals surface area contributed by atoms with Crippen LogP contribution in [0, 0.1) is 22.7 Å². The van der Waals surface area contributed by atoms with Crippen LogP contribution in [0.3, 0.4) is 0 Å². The highest BCUT2D eigenvalue weighted by molar-refractivity contribution is 7.06. The number of hydrogen-bond acceptors (Lipinski definition) is 9. The molecule has 13 aromatic rings. The van der Waals surface area contributed by atoms with Crippen LogP contribution in [0.2, 0.25) is 0 Å². The highest BCUT2D eigenvalue weighted by Crippen LogP contribution is 2.53. The summed E-state index contributed by atoms with van der Waals surface area (Å²) in [5.41, 5.74) is 27.6. The molecular formula is C74H38B4N6O3. The van der Waals surface area contributed by atoms with Crippen LogP contribution in [0.1, 0.15) is 11.1 Å². The number of nitrogens with zero attached hydrogens (tertiary/aromatic N) is 6. The Morgan fingerprint density at radius 3 is 0.931 bits per heavy atom. The molecule has 1 aromatic heterocycles. The van der Waals surface area contributed by atoms with Crippen molar-refractivity contribution < 1.29 is 13.9 Å². The summed E-state index contributed by atoms with van der Waals surface area (Å²) in [5.74, 6) is 2.39. The Kier molecular flexibility index (Phi) is 8.56. The summed E-state index contributed by atoms with van der Waals surface area (Å²) in [6, 6.07) is 87.5. The largest absolute Gasteiger partial charge is 0.457 e. The molecule has 0 saturated carbocycles. The second kappa shape index (κ2) is 16.2. The van der Waals surface area contributed by atoms with Crippen LogP contribution < -0.4 is 94.6 Å². The molecule has 0 saturated heterocycles. The second-order valence-electron chi connectivity index (χ2n) is 23.9. The van der Waals surface area contributed by atoms with Crippen LogP contribution >= 0.6 is 0 Å². The molecule has 9 heterocycles. The summed E-state index contributed by atoms with van der Waals surface area (Å²) in [6.45, 7) is -0.948. The average molecular weight is 1100 g/mol. The quantitative estimate of drug-likeness (QED) is 0.157. The Morgan fingerprint density at radius 1 is 0.299 bits per heavy atom. The van der Waals surface area contributed by atoms with Crippen molar-refractivity contribution in [2.75, 3.05) is 19.6 Å². The number of fused-ring (bicyclic) bond motifs is 23. The standard InChI is InChI=1S/C74H38B4N6O3/c79-39-45-69-65-71-67-73(45)86-63-37-61-43(35-53(63)77(67)51-27-11-17-33-59(51)83(71)57-31-15-9-25-49(57)75(65)47-23-7-13-29-55(47)81(69)41-19-3-1-4-20-41)44-36-54-64(38-62(44)85-61)87-74-46(40-80)70-66-72-68(74)78(54)52-28-12-18-34-60(52)84(72)58-32-16-10-26-50(58)76(66)48-24-8-14-30-56(48)82(70)42-21-5-2-6-22-42/h1-38H. The molecule has 0 unspecified atom stereocenters. The molecule has 12 aromatic carbocycles. The van der Waals surface area contributed by atoms with Crippen LogP contribution in [-0.2, 0) is 0 Å². The fraction of sp³-hybridized carbons (Fsp3) is 0. The molecule has 9 nitrogen and oxygen atoms in total. The molecule has 0 bridgehead atoms. The van der Waals surface area contributed by atoms with Gasteiger partial charge < -0.3 is 33.5 Å². The molecular weight excluding hydrogens is 1060 g/mol. The van der Waals surface area contributed by atoms with Crippen molar-refractivity contribution in [2.45, 2.75) is 0 Å². The van der Waals surface area contributed by atoms with Crippen molar-refractivity contribution in [1.29, 1.82) is 10.5 Å². The van der Waals surface area contributed by atoms with E-state index in [2.05, 4.69) is 238 Å². The highest BCUT2D eigenvalue weighted by atomic mass is 16.5. The van der Waals surface area contributed by atoms with Gasteiger partial charge in [0.25, 0.3) is 26.9 Å². The zero-order valence-corrected chi connectivity index (χ0v) is 46.2. The first-order chi connectivity index (χ1) is 43.1. The van der Waals surface area contributed by atoms with E-state index in [0.717, 1.165) is 123 Å². The maximum atomic E-state index is 11.9. The molecule has 0 N–H and O–H groups in total. The van der Waals surface area contributed by atoms with Crippen LogP contribution in [0.15, 0.2) is 235 Å². The van der Waals surface area contributed by atoms with Crippen molar-refractivity contribution in [1.82, 2.24) is 0 Å². The maximum Gasteiger partial charge on any atom is 0.256 e. The van der Waals surface area contributed by atoms with Crippen LogP contribution in [0.5, 0.6) is 23.0 Å². The van der Waals surface area contributed by atoms with E-state index in [1.54, 1.807) is 0 Å². The summed E-state index contributed by atoms with van der Waals surface area (Å²) < 4.78 is 21.9. The zero-order chi connectivity index (χ0) is 56.7. The Labute approximate surface area is 500 Å². The fourth-order valence-corrected chi connectivity index (χ4v) is 16.8. The van der Waals surface area contributed by atoms with Crippen molar-refractivity contribution >= 4 is 183 Å². The lowest BCUT2D eigenvalue weighted by Crippen LogP contribution is -2.68. The summed E-state index contributed by atoms with van der Waals surface area (Å²) in [5, 5.41) is 25.6. The van der Waals surface area contributed by atoms with Gasteiger partial charge in [-0.1, -0.05) is 158 Å². The minimum absolute atomic E-state index is 0.164. The van der Waals surface area contributed by atoms with Crippen molar-refractivity contribution in [3.05, 3.63) is 242 Å². The van der Waals surface area contributed by atoms with Gasteiger partial charge in [-0.05, 0) is 126 Å². The molecule has 13 heteroatoms. The molecule has 87 heavy (non-hydrogen) atoms. The minimum Gasteiger partial charge on any atom is -0.457 e. The smallest absolute Gasteiger partial charge is 0.256 e. The molecule has 0 fully saturated rings. The monoisotopic (exact) mass is 1100 g/mol. The van der Waals surface area contributed by atoms with Crippen LogP contribution in [-0.4, -0.2) is 26.9 Å². The average Bonchev–Trinajstić information content (AvgIpc) is 1.04. The van der Waals surface area contributed by atoms with E-state index in [1.165, 1.54) is 21.9 Å².